The highest BCUT2D eigenvalue weighted by atomic mass is 16.6. The summed E-state index contributed by atoms with van der Waals surface area (Å²) in [6, 6.07) is 9.91. The molecule has 1 amide bonds. The van der Waals surface area contributed by atoms with Gasteiger partial charge in [0.1, 0.15) is 6.61 Å². The minimum absolute atomic E-state index is 0.169. The molecule has 19 heavy (non-hydrogen) atoms. The Hall–Kier alpha value is -1.55. The number of benzene rings is 1. The molecule has 104 valence electrons. The van der Waals surface area contributed by atoms with E-state index < -0.39 is 0 Å². The van der Waals surface area contributed by atoms with Gasteiger partial charge < -0.3 is 15.4 Å². The Balaban J connectivity index is 1.89. The Labute approximate surface area is 114 Å². The Bertz CT molecular complexity index is 408. The first-order valence-corrected chi connectivity index (χ1v) is 6.89. The van der Waals surface area contributed by atoms with Crippen LogP contribution >= 0.6 is 0 Å². The van der Waals surface area contributed by atoms with Crippen molar-refractivity contribution in [2.24, 2.45) is 11.7 Å². The van der Waals surface area contributed by atoms with Crippen molar-refractivity contribution in [1.29, 1.82) is 0 Å². The van der Waals surface area contributed by atoms with Gasteiger partial charge in [0.05, 0.1) is 0 Å². The number of nitrogens with two attached hydrogens (primary N) is 1. The van der Waals surface area contributed by atoms with Gasteiger partial charge in [0, 0.05) is 12.6 Å². The highest BCUT2D eigenvalue weighted by Crippen LogP contribution is 2.23. The first-order chi connectivity index (χ1) is 9.22. The number of piperidine rings is 1. The van der Waals surface area contributed by atoms with E-state index in [2.05, 4.69) is 6.92 Å². The molecule has 1 heterocycles. The summed E-state index contributed by atoms with van der Waals surface area (Å²) in [7, 11) is 0. The van der Waals surface area contributed by atoms with E-state index in [-0.39, 0.29) is 12.1 Å². The number of likely N-dealkylation sites (tertiary alicyclic amines) is 1. The molecule has 0 aromatic heterocycles. The zero-order valence-corrected chi connectivity index (χ0v) is 11.4. The highest BCUT2D eigenvalue weighted by molar-refractivity contribution is 5.68. The van der Waals surface area contributed by atoms with Crippen molar-refractivity contribution in [2.75, 3.05) is 13.1 Å². The lowest BCUT2D eigenvalue weighted by molar-refractivity contribution is 0.0557. The topological polar surface area (TPSA) is 55.6 Å². The zero-order chi connectivity index (χ0) is 13.7. The van der Waals surface area contributed by atoms with Crippen LogP contribution in [-0.2, 0) is 11.3 Å². The smallest absolute Gasteiger partial charge is 0.410 e. The largest absolute Gasteiger partial charge is 0.445 e. The summed E-state index contributed by atoms with van der Waals surface area (Å²) in [4.78, 5) is 13.9. The van der Waals surface area contributed by atoms with Gasteiger partial charge in [0.15, 0.2) is 0 Å². The molecule has 1 fully saturated rings. The minimum atomic E-state index is -0.227. The second-order valence-corrected chi connectivity index (χ2v) is 5.11. The number of rotatable bonds is 3. The summed E-state index contributed by atoms with van der Waals surface area (Å²) in [5.41, 5.74) is 6.75. The van der Waals surface area contributed by atoms with Crippen LogP contribution in [0.15, 0.2) is 30.3 Å². The molecular weight excluding hydrogens is 240 g/mol. The second kappa shape index (κ2) is 6.57. The molecule has 1 aliphatic rings. The first kappa shape index (κ1) is 13.9. The molecule has 4 nitrogen and oxygen atoms in total. The minimum Gasteiger partial charge on any atom is -0.445 e. The van der Waals surface area contributed by atoms with Crippen LogP contribution in [0.4, 0.5) is 4.79 Å². The number of hydrogen-bond acceptors (Lipinski definition) is 3. The SMILES string of the molecule is C[C@H]1[C@H](CN)CCCN1C(=O)OCc1ccccc1. The van der Waals surface area contributed by atoms with Gasteiger partial charge in [0.2, 0.25) is 0 Å². The molecule has 2 rings (SSSR count). The molecule has 2 atom stereocenters. The van der Waals surface area contributed by atoms with Crippen LogP contribution in [0.5, 0.6) is 0 Å². The predicted molar refractivity (Wildman–Crippen MR) is 74.6 cm³/mol. The number of carbonyl (C=O) groups excluding carboxylic acids is 1. The van der Waals surface area contributed by atoms with E-state index in [4.69, 9.17) is 10.5 Å². The molecule has 0 spiro atoms. The van der Waals surface area contributed by atoms with Gasteiger partial charge in [-0.1, -0.05) is 30.3 Å². The Morgan fingerprint density at radius 3 is 2.84 bits per heavy atom. The van der Waals surface area contributed by atoms with Crippen LogP contribution in [0.25, 0.3) is 0 Å². The maximum atomic E-state index is 12.1. The van der Waals surface area contributed by atoms with Crippen molar-refractivity contribution >= 4 is 6.09 Å². The summed E-state index contributed by atoms with van der Waals surface area (Å²) >= 11 is 0. The van der Waals surface area contributed by atoms with Crippen LogP contribution < -0.4 is 5.73 Å². The average Bonchev–Trinajstić information content (AvgIpc) is 2.46. The molecule has 0 bridgehead atoms. The zero-order valence-electron chi connectivity index (χ0n) is 11.4. The summed E-state index contributed by atoms with van der Waals surface area (Å²) in [5, 5.41) is 0. The van der Waals surface area contributed by atoms with Crippen molar-refractivity contribution in [1.82, 2.24) is 4.90 Å². The molecule has 4 heteroatoms. The van der Waals surface area contributed by atoms with Gasteiger partial charge in [0.25, 0.3) is 0 Å². The van der Waals surface area contributed by atoms with E-state index in [1.807, 2.05) is 35.2 Å². The molecule has 2 N–H and O–H groups in total. The average molecular weight is 262 g/mol. The Morgan fingerprint density at radius 1 is 1.42 bits per heavy atom. The lowest BCUT2D eigenvalue weighted by atomic mass is 9.91. The quantitative estimate of drug-likeness (QED) is 0.910. The number of ether oxygens (including phenoxy) is 1. The molecule has 1 aromatic carbocycles. The van der Waals surface area contributed by atoms with Crippen LogP contribution in [0.3, 0.4) is 0 Å². The van der Waals surface area contributed by atoms with Crippen molar-refractivity contribution in [3.8, 4) is 0 Å². The van der Waals surface area contributed by atoms with Gasteiger partial charge in [-0.15, -0.1) is 0 Å². The van der Waals surface area contributed by atoms with Crippen molar-refractivity contribution in [3.63, 3.8) is 0 Å². The van der Waals surface area contributed by atoms with Gasteiger partial charge in [-0.25, -0.2) is 4.79 Å². The molecule has 1 saturated heterocycles. The van der Waals surface area contributed by atoms with Crippen LogP contribution in [0, 0.1) is 5.92 Å². The fourth-order valence-electron chi connectivity index (χ4n) is 2.60. The van der Waals surface area contributed by atoms with Crippen LogP contribution in [0.1, 0.15) is 25.3 Å². The van der Waals surface area contributed by atoms with Gasteiger partial charge in [-0.05, 0) is 37.8 Å². The summed E-state index contributed by atoms with van der Waals surface area (Å²) in [6.45, 7) is 3.78. The Kier molecular flexibility index (Phi) is 4.80. The van der Waals surface area contributed by atoms with Crippen LogP contribution in [-0.4, -0.2) is 30.1 Å². The summed E-state index contributed by atoms with van der Waals surface area (Å²) in [6.07, 6.45) is 1.88. The van der Waals surface area contributed by atoms with Crippen molar-refractivity contribution in [2.45, 2.75) is 32.4 Å². The van der Waals surface area contributed by atoms with Crippen molar-refractivity contribution < 1.29 is 9.53 Å². The molecule has 1 aliphatic heterocycles. The third kappa shape index (κ3) is 3.47. The van der Waals surface area contributed by atoms with Gasteiger partial charge in [-0.3, -0.25) is 0 Å². The van der Waals surface area contributed by atoms with E-state index in [1.54, 1.807) is 0 Å². The standard InChI is InChI=1S/C15H22N2O2/c1-12-14(10-16)8-5-9-17(12)15(18)19-11-13-6-3-2-4-7-13/h2-4,6-7,12,14H,5,8-11,16H2,1H3/t12-,14-/m0/s1. The fourth-order valence-corrected chi connectivity index (χ4v) is 2.60. The third-order valence-electron chi connectivity index (χ3n) is 3.89. The van der Waals surface area contributed by atoms with Crippen LogP contribution in [0.2, 0.25) is 0 Å². The number of nitrogens with zero attached hydrogens (tertiary/aromatic N) is 1. The maximum absolute atomic E-state index is 12.1. The molecule has 0 saturated carbocycles. The third-order valence-corrected chi connectivity index (χ3v) is 3.89. The molecule has 1 aromatic rings. The monoisotopic (exact) mass is 262 g/mol. The molecular formula is C15H22N2O2. The lowest BCUT2D eigenvalue weighted by Crippen LogP contribution is -2.48. The van der Waals surface area contributed by atoms with E-state index in [0.717, 1.165) is 24.9 Å². The van der Waals surface area contributed by atoms with Gasteiger partial charge in [-0.2, -0.15) is 0 Å². The highest BCUT2D eigenvalue weighted by Gasteiger charge is 2.31. The van der Waals surface area contributed by atoms with E-state index in [0.29, 0.717) is 19.1 Å². The van der Waals surface area contributed by atoms with E-state index in [1.165, 1.54) is 0 Å². The summed E-state index contributed by atoms with van der Waals surface area (Å²) < 4.78 is 5.38. The fraction of sp³-hybridized carbons (Fsp3) is 0.533. The molecule has 0 aliphatic carbocycles. The maximum Gasteiger partial charge on any atom is 0.410 e. The van der Waals surface area contributed by atoms with Crippen molar-refractivity contribution in [3.05, 3.63) is 35.9 Å². The second-order valence-electron chi connectivity index (χ2n) is 5.11. The Morgan fingerprint density at radius 2 is 2.16 bits per heavy atom. The lowest BCUT2D eigenvalue weighted by Gasteiger charge is -2.38. The number of amides is 1. The van der Waals surface area contributed by atoms with Gasteiger partial charge >= 0.3 is 6.09 Å². The van der Waals surface area contributed by atoms with E-state index >= 15 is 0 Å². The number of carbonyl (C=O) groups is 1. The number of hydrogen-bond donors (Lipinski definition) is 1. The van der Waals surface area contributed by atoms with E-state index in [9.17, 15) is 4.79 Å². The summed E-state index contributed by atoms with van der Waals surface area (Å²) in [5.74, 6) is 0.387. The predicted octanol–water partition coefficient (Wildman–Crippen LogP) is 2.38. The normalized spacial score (nSPS) is 23.2. The molecule has 0 unspecified atom stereocenters. The molecule has 0 radical (unpaired) electrons. The first-order valence-electron chi connectivity index (χ1n) is 6.89.